The second-order valence-corrected chi connectivity index (χ2v) is 10.2. The summed E-state index contributed by atoms with van der Waals surface area (Å²) in [6.45, 7) is 0.969. The van der Waals surface area contributed by atoms with Gasteiger partial charge in [0.2, 0.25) is 5.91 Å². The van der Waals surface area contributed by atoms with Gasteiger partial charge in [-0.1, -0.05) is 66.7 Å². The van der Waals surface area contributed by atoms with Gasteiger partial charge in [-0.2, -0.15) is 0 Å². The largest absolute Gasteiger partial charge is 0.497 e. The third kappa shape index (κ3) is 6.25. The van der Waals surface area contributed by atoms with Crippen LogP contribution in [0.1, 0.15) is 29.2 Å². The van der Waals surface area contributed by atoms with Crippen LogP contribution in [0.3, 0.4) is 0 Å². The Bertz CT molecular complexity index is 1480. The summed E-state index contributed by atoms with van der Waals surface area (Å²) >= 11 is 0. The number of nitrogens with zero attached hydrogens (tertiary/aromatic N) is 2. The maximum atomic E-state index is 13.8. The number of carboxylic acids is 1. The zero-order valence-electron chi connectivity index (χ0n) is 23.4. The number of carbonyl (C=O) groups excluding carboxylic acids is 3. The Labute approximate surface area is 243 Å². The second kappa shape index (κ2) is 12.5. The third-order valence-corrected chi connectivity index (χ3v) is 7.44. The Hall–Kier alpha value is -5.19. The van der Waals surface area contributed by atoms with Gasteiger partial charge in [0.25, 0.3) is 5.91 Å². The molecule has 1 saturated heterocycles. The van der Waals surface area contributed by atoms with Gasteiger partial charge in [0.05, 0.1) is 13.0 Å². The van der Waals surface area contributed by atoms with Crippen LogP contribution in [0.25, 0.3) is 0 Å². The third-order valence-electron chi connectivity index (χ3n) is 7.44. The minimum Gasteiger partial charge on any atom is -0.497 e. The Balaban J connectivity index is 1.52. The fourth-order valence-electron chi connectivity index (χ4n) is 4.92. The van der Waals surface area contributed by atoms with Crippen molar-refractivity contribution >= 4 is 29.7 Å². The first-order valence-electron chi connectivity index (χ1n) is 13.3. The van der Waals surface area contributed by atoms with Crippen LogP contribution in [-0.4, -0.2) is 64.8 Å². The fraction of sp³-hybridized carbons (Fsp3) is 0.258. The minimum atomic E-state index is -1.44. The van der Waals surface area contributed by atoms with Crippen molar-refractivity contribution in [3.8, 4) is 5.75 Å². The Morgan fingerprint density at radius 3 is 2.21 bits per heavy atom. The molecule has 0 unspecified atom stereocenters. The van der Waals surface area contributed by atoms with Crippen molar-refractivity contribution in [2.45, 2.75) is 25.4 Å². The van der Waals surface area contributed by atoms with E-state index in [-0.39, 0.29) is 25.3 Å². The van der Waals surface area contributed by atoms with E-state index in [1.807, 2.05) is 30.3 Å². The summed E-state index contributed by atoms with van der Waals surface area (Å²) < 4.78 is 5.13. The molecular weight excluding hydrogens is 538 g/mol. The van der Waals surface area contributed by atoms with Crippen LogP contribution >= 0.6 is 0 Å². The molecule has 1 aliphatic rings. The van der Waals surface area contributed by atoms with E-state index in [0.717, 1.165) is 16.0 Å². The van der Waals surface area contributed by atoms with E-state index in [2.05, 4.69) is 5.32 Å². The maximum absolute atomic E-state index is 13.8. The topological polar surface area (TPSA) is 166 Å². The quantitative estimate of drug-likeness (QED) is 0.147. The lowest BCUT2D eigenvalue weighted by molar-refractivity contribution is -0.142. The van der Waals surface area contributed by atoms with Gasteiger partial charge >= 0.3 is 12.0 Å². The number of methoxy groups -OCH3 is 1. The van der Waals surface area contributed by atoms with Gasteiger partial charge in [-0.05, 0) is 42.2 Å². The zero-order chi connectivity index (χ0) is 30.4. The normalized spacial score (nSPS) is 17.2. The number of ether oxygens (including phenoxy) is 1. The van der Waals surface area contributed by atoms with Gasteiger partial charge in [-0.15, -0.1) is 0 Å². The summed E-state index contributed by atoms with van der Waals surface area (Å²) in [5.41, 5.74) is 6.65. The lowest BCUT2D eigenvalue weighted by Gasteiger charge is -2.32. The van der Waals surface area contributed by atoms with Crippen molar-refractivity contribution in [2.75, 3.05) is 20.2 Å². The summed E-state index contributed by atoms with van der Waals surface area (Å²) in [6, 6.07) is 22.0. The van der Waals surface area contributed by atoms with Gasteiger partial charge < -0.3 is 25.8 Å². The molecule has 2 atom stereocenters. The minimum absolute atomic E-state index is 0.109. The molecule has 0 spiro atoms. The van der Waals surface area contributed by atoms with Gasteiger partial charge in [0, 0.05) is 18.7 Å². The van der Waals surface area contributed by atoms with E-state index < -0.39 is 41.8 Å². The van der Waals surface area contributed by atoms with Crippen LogP contribution in [0.5, 0.6) is 5.75 Å². The molecule has 11 heteroatoms. The molecule has 0 aromatic heterocycles. The number of hydrogen-bond donors (Lipinski definition) is 4. The van der Waals surface area contributed by atoms with Crippen molar-refractivity contribution in [3.63, 3.8) is 0 Å². The average molecular weight is 572 g/mol. The highest BCUT2D eigenvalue weighted by molar-refractivity contribution is 6.09. The summed E-state index contributed by atoms with van der Waals surface area (Å²) in [5.74, 6) is -2.76. The zero-order valence-corrected chi connectivity index (χ0v) is 23.4. The van der Waals surface area contributed by atoms with E-state index in [9.17, 15) is 24.3 Å². The van der Waals surface area contributed by atoms with E-state index in [4.69, 9.17) is 15.9 Å². The number of hydrogen-bond acceptors (Lipinski definition) is 6. The summed E-state index contributed by atoms with van der Waals surface area (Å²) in [5, 5.41) is 20.0. The average Bonchev–Trinajstić information content (AvgIpc) is 3.16. The van der Waals surface area contributed by atoms with Gasteiger partial charge in [0.1, 0.15) is 23.7 Å². The van der Waals surface area contributed by atoms with Crippen LogP contribution in [0.2, 0.25) is 0 Å². The Morgan fingerprint density at radius 1 is 1.00 bits per heavy atom. The molecule has 0 bridgehead atoms. The molecule has 11 nitrogen and oxygen atoms in total. The lowest BCUT2D eigenvalue weighted by atomic mass is 9.89. The molecule has 0 aliphatic carbocycles. The van der Waals surface area contributed by atoms with Crippen molar-refractivity contribution < 1.29 is 29.0 Å². The summed E-state index contributed by atoms with van der Waals surface area (Å²) in [6.07, 6.45) is 0.167. The van der Waals surface area contributed by atoms with Crippen LogP contribution in [0.15, 0.2) is 78.9 Å². The van der Waals surface area contributed by atoms with Gasteiger partial charge in [-0.3, -0.25) is 24.7 Å². The number of amides is 4. The van der Waals surface area contributed by atoms with Crippen molar-refractivity contribution in [1.82, 2.24) is 15.1 Å². The fourth-order valence-corrected chi connectivity index (χ4v) is 4.92. The first-order chi connectivity index (χ1) is 20.0. The maximum Gasteiger partial charge on any atom is 0.328 e. The molecule has 1 aliphatic heterocycles. The molecule has 1 heterocycles. The standard InChI is InChI=1S/C31H33N5O6/c1-31(24-12-10-22(11-13-24)27(32)33)29(40)35(30(41)36(31)18-21-6-4-3-5-7-21)19-26(37)34-17-23(28(38)39)16-20-8-14-25(42-2)15-9-20/h3-15,23H,16-19H2,1-2H3,(H3,32,33)(H,34,37)(H,38,39)/t23-,31-/m0/s1. The molecular formula is C31H33N5O6. The smallest absolute Gasteiger partial charge is 0.328 e. The van der Waals surface area contributed by atoms with E-state index >= 15 is 0 Å². The predicted octanol–water partition coefficient (Wildman–Crippen LogP) is 2.72. The second-order valence-electron chi connectivity index (χ2n) is 10.2. The Morgan fingerprint density at radius 2 is 1.64 bits per heavy atom. The van der Waals surface area contributed by atoms with Gasteiger partial charge in [-0.25, -0.2) is 4.79 Å². The number of amidine groups is 1. The van der Waals surface area contributed by atoms with Crippen LogP contribution in [0, 0.1) is 11.3 Å². The number of carboxylic acid groups (broad SMARTS) is 1. The molecule has 5 N–H and O–H groups in total. The van der Waals surface area contributed by atoms with E-state index in [1.165, 1.54) is 12.0 Å². The first kappa shape index (κ1) is 29.8. The van der Waals surface area contributed by atoms with Crippen molar-refractivity contribution in [2.24, 2.45) is 11.7 Å². The molecule has 3 aromatic rings. The number of nitrogen functional groups attached to an aromatic ring is 1. The summed E-state index contributed by atoms with van der Waals surface area (Å²) in [7, 11) is 1.54. The monoisotopic (exact) mass is 571 g/mol. The number of nitrogens with two attached hydrogens (primary N) is 1. The molecule has 4 rings (SSSR count). The molecule has 42 heavy (non-hydrogen) atoms. The molecule has 3 aromatic carbocycles. The summed E-state index contributed by atoms with van der Waals surface area (Å²) in [4.78, 5) is 54.6. The lowest BCUT2D eigenvalue weighted by Crippen LogP contribution is -2.45. The van der Waals surface area contributed by atoms with Crippen LogP contribution in [0.4, 0.5) is 4.79 Å². The highest BCUT2D eigenvalue weighted by Gasteiger charge is 2.55. The number of benzene rings is 3. The van der Waals surface area contributed by atoms with Crippen molar-refractivity contribution in [1.29, 1.82) is 5.41 Å². The number of aliphatic carboxylic acids is 1. The highest BCUT2D eigenvalue weighted by Crippen LogP contribution is 2.38. The molecule has 1 fully saturated rings. The van der Waals surface area contributed by atoms with E-state index in [0.29, 0.717) is 16.9 Å². The Kier molecular flexibility index (Phi) is 8.90. The molecule has 218 valence electrons. The number of urea groups is 1. The van der Waals surface area contributed by atoms with Crippen molar-refractivity contribution in [3.05, 3.63) is 101 Å². The van der Waals surface area contributed by atoms with Crippen LogP contribution < -0.4 is 15.8 Å². The van der Waals surface area contributed by atoms with E-state index in [1.54, 1.807) is 55.5 Å². The number of nitrogens with one attached hydrogen (secondary N) is 2. The predicted molar refractivity (Wildman–Crippen MR) is 155 cm³/mol. The number of rotatable bonds is 12. The molecule has 0 radical (unpaired) electrons. The molecule has 4 amide bonds. The first-order valence-corrected chi connectivity index (χ1v) is 13.3. The van der Waals surface area contributed by atoms with Gasteiger partial charge in [0.15, 0.2) is 0 Å². The SMILES string of the molecule is COc1ccc(C[C@@H](CNC(=O)CN2C(=O)N(Cc3ccccc3)[C@@](C)(c3ccc(C(=N)N)cc3)C2=O)C(=O)O)cc1. The number of carbonyl (C=O) groups is 4. The van der Waals surface area contributed by atoms with Crippen LogP contribution in [-0.2, 0) is 32.9 Å². The highest BCUT2D eigenvalue weighted by atomic mass is 16.5. The molecule has 0 saturated carbocycles. The number of imide groups is 1.